The van der Waals surface area contributed by atoms with Gasteiger partial charge in [0, 0.05) is 39.2 Å². The normalized spacial score (nSPS) is 13.0. The largest absolute Gasteiger partial charge is 0.456 e. The standard InChI is InChI=1S/C55H39NO/c1-55(2)50-26-12-11-23-45(50)46-29-27-43(35-51(46)55)56(41-22-13-21-38(31-41)36-15-5-3-6-16-36)42-28-30-52-48(34-42)47-25-14-24-44(37-17-7-4-8-18-37)54(47)49-32-39-19-9-10-20-40(39)33-53(49)57-52/h3-35H,1-2H3. The topological polar surface area (TPSA) is 12.5 Å². The second-order valence-electron chi connectivity index (χ2n) is 15.7. The summed E-state index contributed by atoms with van der Waals surface area (Å²) in [4.78, 5) is 2.42. The molecule has 0 unspecified atom stereocenters. The van der Waals surface area contributed by atoms with E-state index < -0.39 is 0 Å². The molecule has 0 fully saturated rings. The van der Waals surface area contributed by atoms with Crippen molar-refractivity contribution in [3.05, 3.63) is 211 Å². The Labute approximate surface area is 333 Å². The van der Waals surface area contributed by atoms with Crippen molar-refractivity contribution in [2.45, 2.75) is 19.3 Å². The average Bonchev–Trinajstić information content (AvgIpc) is 3.40. The van der Waals surface area contributed by atoms with Gasteiger partial charge < -0.3 is 9.64 Å². The van der Waals surface area contributed by atoms with E-state index in [4.69, 9.17) is 4.74 Å². The molecule has 1 aliphatic heterocycles. The minimum atomic E-state index is -0.136. The molecule has 0 amide bonds. The van der Waals surface area contributed by atoms with Crippen LogP contribution >= 0.6 is 0 Å². The van der Waals surface area contributed by atoms with Gasteiger partial charge in [-0.2, -0.15) is 0 Å². The van der Waals surface area contributed by atoms with E-state index in [2.05, 4.69) is 219 Å². The molecule has 11 rings (SSSR count). The molecule has 1 aliphatic carbocycles. The second-order valence-corrected chi connectivity index (χ2v) is 15.7. The van der Waals surface area contributed by atoms with Crippen LogP contribution in [0.5, 0.6) is 11.5 Å². The molecule has 2 aliphatic rings. The molecule has 2 nitrogen and oxygen atoms in total. The summed E-state index contributed by atoms with van der Waals surface area (Å²) in [6.07, 6.45) is 0. The molecule has 270 valence electrons. The van der Waals surface area contributed by atoms with Crippen LogP contribution in [0.4, 0.5) is 17.1 Å². The van der Waals surface area contributed by atoms with E-state index in [0.29, 0.717) is 0 Å². The Morgan fingerprint density at radius 2 is 0.947 bits per heavy atom. The quantitative estimate of drug-likeness (QED) is 0.175. The van der Waals surface area contributed by atoms with E-state index in [9.17, 15) is 0 Å². The van der Waals surface area contributed by atoms with Crippen molar-refractivity contribution in [3.8, 4) is 67.1 Å². The predicted octanol–water partition coefficient (Wildman–Crippen LogP) is 15.4. The van der Waals surface area contributed by atoms with Crippen molar-refractivity contribution in [2.75, 3.05) is 4.90 Å². The van der Waals surface area contributed by atoms with E-state index in [1.807, 2.05) is 0 Å². The first-order valence-corrected chi connectivity index (χ1v) is 19.8. The molecule has 0 saturated heterocycles. The molecule has 0 saturated carbocycles. The highest BCUT2D eigenvalue weighted by Crippen LogP contribution is 2.54. The molecule has 0 N–H and O–H groups in total. The number of fused-ring (bicyclic) bond motifs is 9. The van der Waals surface area contributed by atoms with Crippen LogP contribution in [0, 0.1) is 0 Å². The first-order valence-electron chi connectivity index (χ1n) is 19.8. The number of hydrogen-bond donors (Lipinski definition) is 0. The lowest BCUT2D eigenvalue weighted by molar-refractivity contribution is 0.488. The molecule has 0 bridgehead atoms. The summed E-state index contributed by atoms with van der Waals surface area (Å²) in [6.45, 7) is 4.70. The molecule has 0 atom stereocenters. The maximum absolute atomic E-state index is 7.01. The fourth-order valence-corrected chi connectivity index (χ4v) is 9.23. The highest BCUT2D eigenvalue weighted by Gasteiger charge is 2.36. The van der Waals surface area contributed by atoms with Crippen LogP contribution in [0.15, 0.2) is 200 Å². The van der Waals surface area contributed by atoms with E-state index in [0.717, 1.165) is 50.6 Å². The van der Waals surface area contributed by atoms with Gasteiger partial charge in [-0.3, -0.25) is 0 Å². The van der Waals surface area contributed by atoms with E-state index in [1.54, 1.807) is 0 Å². The monoisotopic (exact) mass is 729 g/mol. The summed E-state index contributed by atoms with van der Waals surface area (Å²) in [5.74, 6) is 1.69. The molecule has 9 aromatic rings. The number of anilines is 3. The van der Waals surface area contributed by atoms with Crippen LogP contribution in [0.25, 0.3) is 66.4 Å². The highest BCUT2D eigenvalue weighted by molar-refractivity contribution is 6.03. The Balaban J connectivity index is 1.15. The molecule has 0 spiro atoms. The zero-order chi connectivity index (χ0) is 38.1. The van der Waals surface area contributed by atoms with Gasteiger partial charge in [0.2, 0.25) is 0 Å². The Bertz CT molecular complexity index is 3020. The van der Waals surface area contributed by atoms with Gasteiger partial charge in [0.25, 0.3) is 0 Å². The number of benzene rings is 9. The Morgan fingerprint density at radius 3 is 1.77 bits per heavy atom. The molecule has 0 aromatic heterocycles. The lowest BCUT2D eigenvalue weighted by atomic mass is 9.82. The summed E-state index contributed by atoms with van der Waals surface area (Å²) in [5, 5.41) is 2.34. The molecular weight excluding hydrogens is 691 g/mol. The van der Waals surface area contributed by atoms with E-state index in [-0.39, 0.29) is 5.41 Å². The lowest BCUT2D eigenvalue weighted by Gasteiger charge is -2.29. The van der Waals surface area contributed by atoms with Crippen molar-refractivity contribution < 1.29 is 4.74 Å². The smallest absolute Gasteiger partial charge is 0.135 e. The average molecular weight is 730 g/mol. The maximum atomic E-state index is 7.01. The summed E-state index contributed by atoms with van der Waals surface area (Å²) in [5.41, 5.74) is 17.6. The van der Waals surface area contributed by atoms with Gasteiger partial charge in [0.05, 0.1) is 0 Å². The van der Waals surface area contributed by atoms with Crippen LogP contribution in [0.3, 0.4) is 0 Å². The van der Waals surface area contributed by atoms with Gasteiger partial charge in [-0.25, -0.2) is 0 Å². The fraction of sp³-hybridized carbons (Fsp3) is 0.0545. The van der Waals surface area contributed by atoms with Crippen molar-refractivity contribution >= 4 is 27.8 Å². The predicted molar refractivity (Wildman–Crippen MR) is 238 cm³/mol. The zero-order valence-electron chi connectivity index (χ0n) is 31.9. The van der Waals surface area contributed by atoms with Gasteiger partial charge >= 0.3 is 0 Å². The third-order valence-corrected chi connectivity index (χ3v) is 12.0. The van der Waals surface area contributed by atoms with Crippen molar-refractivity contribution in [1.82, 2.24) is 0 Å². The van der Waals surface area contributed by atoms with Crippen LogP contribution < -0.4 is 9.64 Å². The summed E-state index contributed by atoms with van der Waals surface area (Å²) in [6, 6.07) is 72.6. The van der Waals surface area contributed by atoms with Crippen LogP contribution in [0.1, 0.15) is 25.0 Å². The highest BCUT2D eigenvalue weighted by atomic mass is 16.5. The molecule has 57 heavy (non-hydrogen) atoms. The van der Waals surface area contributed by atoms with Crippen molar-refractivity contribution in [2.24, 2.45) is 0 Å². The number of ether oxygens (including phenoxy) is 1. The number of hydrogen-bond acceptors (Lipinski definition) is 2. The Hall–Kier alpha value is -7.16. The van der Waals surface area contributed by atoms with Gasteiger partial charge in [-0.05, 0) is 115 Å². The lowest BCUT2D eigenvalue weighted by Crippen LogP contribution is -2.16. The fourth-order valence-electron chi connectivity index (χ4n) is 9.23. The number of rotatable bonds is 5. The first-order chi connectivity index (χ1) is 28.0. The molecule has 9 aromatic carbocycles. The summed E-state index contributed by atoms with van der Waals surface area (Å²) >= 11 is 0. The SMILES string of the molecule is CC1(C)c2ccccc2-c2ccc(N(c3cccc(-c4ccccc4)c3)c3ccc4c(c3)-c3cccc(-c5ccccc5)c3-c3cc5ccccc5cc3O4)cc21. The first kappa shape index (κ1) is 33.2. The minimum absolute atomic E-state index is 0.136. The molecular formula is C55H39NO. The van der Waals surface area contributed by atoms with E-state index in [1.165, 1.54) is 55.5 Å². The van der Waals surface area contributed by atoms with Gasteiger partial charge in [-0.15, -0.1) is 0 Å². The maximum Gasteiger partial charge on any atom is 0.135 e. The zero-order valence-corrected chi connectivity index (χ0v) is 31.9. The van der Waals surface area contributed by atoms with Crippen LogP contribution in [0.2, 0.25) is 0 Å². The summed E-state index contributed by atoms with van der Waals surface area (Å²) in [7, 11) is 0. The number of nitrogens with zero attached hydrogens (tertiary/aromatic N) is 1. The van der Waals surface area contributed by atoms with Crippen molar-refractivity contribution in [3.63, 3.8) is 0 Å². The Morgan fingerprint density at radius 1 is 0.351 bits per heavy atom. The van der Waals surface area contributed by atoms with Gasteiger partial charge in [0.1, 0.15) is 11.5 Å². The summed E-state index contributed by atoms with van der Waals surface area (Å²) < 4.78 is 7.01. The third kappa shape index (κ3) is 5.40. The van der Waals surface area contributed by atoms with Gasteiger partial charge in [0.15, 0.2) is 0 Å². The molecule has 2 heteroatoms. The third-order valence-electron chi connectivity index (χ3n) is 12.0. The second kappa shape index (κ2) is 13.0. The van der Waals surface area contributed by atoms with Crippen molar-refractivity contribution in [1.29, 1.82) is 0 Å². The van der Waals surface area contributed by atoms with Crippen LogP contribution in [-0.2, 0) is 5.41 Å². The molecule has 1 heterocycles. The van der Waals surface area contributed by atoms with Crippen LogP contribution in [-0.4, -0.2) is 0 Å². The van der Waals surface area contributed by atoms with E-state index >= 15 is 0 Å². The van der Waals surface area contributed by atoms with Gasteiger partial charge in [-0.1, -0.05) is 159 Å². The Kier molecular flexibility index (Phi) is 7.55. The molecule has 0 radical (unpaired) electrons. The minimum Gasteiger partial charge on any atom is -0.456 e.